The van der Waals surface area contributed by atoms with Crippen molar-refractivity contribution in [2.45, 2.75) is 340 Å². The fraction of sp³-hybridized carbons (Fsp3) is 0.885. The molecule has 1 amide bonds. The minimum Gasteiger partial charge on any atom is -0.394 e. The molecule has 0 rings (SSSR count). The third-order valence-corrected chi connectivity index (χ3v) is 14.0. The van der Waals surface area contributed by atoms with E-state index in [1.165, 1.54) is 263 Å². The van der Waals surface area contributed by atoms with Crippen LogP contribution in [0, 0.1) is 0 Å². The van der Waals surface area contributed by atoms with Crippen LogP contribution in [0.2, 0.25) is 0 Å². The molecular weight excluding hydrogens is 811 g/mol. The van der Waals surface area contributed by atoms with E-state index in [1.54, 1.807) is 6.08 Å². The van der Waals surface area contributed by atoms with Gasteiger partial charge in [-0.2, -0.15) is 0 Å². The van der Waals surface area contributed by atoms with Gasteiger partial charge in [0.05, 0.1) is 18.8 Å². The Balaban J connectivity index is 3.50. The van der Waals surface area contributed by atoms with Crippen molar-refractivity contribution in [2.75, 3.05) is 6.61 Å². The SMILES string of the molecule is CCCCCCCCCCCC/C=C/CC/C=C/C(O)C(CO)NC(=O)C(O)CCCCCCCCCCCCCCCCCC/C=C\CCCCCCCCCCCCCCCCCC. The largest absolute Gasteiger partial charge is 0.394 e. The number of hydrogen-bond acceptors (Lipinski definition) is 4. The number of carbonyl (C=O) groups excluding carboxylic acids is 1. The molecule has 0 heterocycles. The van der Waals surface area contributed by atoms with Crippen LogP contribution in [0.3, 0.4) is 0 Å². The zero-order valence-electron chi connectivity index (χ0n) is 44.6. The summed E-state index contributed by atoms with van der Waals surface area (Å²) in [6.07, 6.45) is 74.0. The first-order valence-electron chi connectivity index (χ1n) is 29.8. The lowest BCUT2D eigenvalue weighted by atomic mass is 10.0. The summed E-state index contributed by atoms with van der Waals surface area (Å²) in [4.78, 5) is 12.5. The molecule has 0 aromatic rings. The second kappa shape index (κ2) is 56.2. The van der Waals surface area contributed by atoms with Crippen molar-refractivity contribution < 1.29 is 20.1 Å². The van der Waals surface area contributed by atoms with Crippen molar-refractivity contribution >= 4 is 5.91 Å². The topological polar surface area (TPSA) is 89.8 Å². The minimum atomic E-state index is -1.11. The van der Waals surface area contributed by atoms with E-state index < -0.39 is 24.2 Å². The number of aliphatic hydroxyl groups excluding tert-OH is 3. The van der Waals surface area contributed by atoms with Gasteiger partial charge in [0.25, 0.3) is 0 Å². The molecule has 0 saturated heterocycles. The number of nitrogens with one attached hydrogen (secondary N) is 1. The van der Waals surface area contributed by atoms with Crippen LogP contribution in [-0.2, 0) is 4.79 Å². The van der Waals surface area contributed by atoms with E-state index >= 15 is 0 Å². The number of aliphatic hydroxyl groups is 3. The van der Waals surface area contributed by atoms with Gasteiger partial charge in [0.2, 0.25) is 5.91 Å². The average molecular weight is 929 g/mol. The molecule has 5 heteroatoms. The summed E-state index contributed by atoms with van der Waals surface area (Å²) in [7, 11) is 0. The highest BCUT2D eigenvalue weighted by Crippen LogP contribution is 2.17. The van der Waals surface area contributed by atoms with Crippen molar-refractivity contribution in [3.05, 3.63) is 36.5 Å². The lowest BCUT2D eigenvalue weighted by Crippen LogP contribution is -2.48. The highest BCUT2D eigenvalue weighted by atomic mass is 16.3. The summed E-state index contributed by atoms with van der Waals surface area (Å²) in [5.41, 5.74) is 0. The van der Waals surface area contributed by atoms with Crippen molar-refractivity contribution in [3.63, 3.8) is 0 Å². The monoisotopic (exact) mass is 928 g/mol. The number of allylic oxidation sites excluding steroid dienone is 5. The van der Waals surface area contributed by atoms with E-state index in [9.17, 15) is 20.1 Å². The van der Waals surface area contributed by atoms with Crippen molar-refractivity contribution in [2.24, 2.45) is 0 Å². The molecule has 66 heavy (non-hydrogen) atoms. The summed E-state index contributed by atoms with van der Waals surface area (Å²) >= 11 is 0. The Hall–Kier alpha value is -1.43. The van der Waals surface area contributed by atoms with Gasteiger partial charge in [-0.25, -0.2) is 0 Å². The number of unbranched alkanes of at least 4 members (excludes halogenated alkanes) is 43. The predicted octanol–water partition coefficient (Wildman–Crippen LogP) is 18.6. The van der Waals surface area contributed by atoms with E-state index in [-0.39, 0.29) is 6.61 Å². The van der Waals surface area contributed by atoms with Gasteiger partial charge in [0.1, 0.15) is 6.10 Å². The molecule has 0 radical (unpaired) electrons. The Morgan fingerprint density at radius 1 is 0.364 bits per heavy atom. The zero-order valence-corrected chi connectivity index (χ0v) is 44.6. The Morgan fingerprint density at radius 3 is 0.924 bits per heavy atom. The highest BCUT2D eigenvalue weighted by Gasteiger charge is 2.22. The molecule has 3 atom stereocenters. The lowest BCUT2D eigenvalue weighted by molar-refractivity contribution is -0.131. The van der Waals surface area contributed by atoms with Crippen LogP contribution in [0.5, 0.6) is 0 Å². The van der Waals surface area contributed by atoms with Gasteiger partial charge < -0.3 is 20.6 Å². The Labute approximate surface area is 413 Å². The summed E-state index contributed by atoms with van der Waals surface area (Å²) in [6.45, 7) is 4.20. The average Bonchev–Trinajstić information content (AvgIpc) is 3.32. The van der Waals surface area contributed by atoms with Gasteiger partial charge in [-0.15, -0.1) is 0 Å². The molecule has 4 N–H and O–H groups in total. The van der Waals surface area contributed by atoms with Crippen LogP contribution in [0.1, 0.15) is 322 Å². The molecule has 3 unspecified atom stereocenters. The normalized spacial score (nSPS) is 13.5. The molecule has 0 fully saturated rings. The van der Waals surface area contributed by atoms with E-state index in [0.717, 1.165) is 38.5 Å². The standard InChI is InChI=1S/C61H117NO4/c1-3-5-7-9-11-13-15-17-19-21-22-23-24-25-26-27-28-29-30-31-32-33-34-35-36-37-38-39-40-42-44-46-48-50-52-54-56-60(65)61(66)62-58(57-63)59(64)55-53-51-49-47-45-43-41-20-18-16-14-12-10-8-6-4-2/h29-30,45,47,53,55,58-60,63-65H,3-28,31-44,46,48-52,54,56-57H2,1-2H3,(H,62,66)/b30-29-,47-45+,55-53+. The van der Waals surface area contributed by atoms with Crippen LogP contribution in [0.25, 0.3) is 0 Å². The van der Waals surface area contributed by atoms with Gasteiger partial charge in [-0.3, -0.25) is 4.79 Å². The highest BCUT2D eigenvalue weighted by molar-refractivity contribution is 5.80. The summed E-state index contributed by atoms with van der Waals surface area (Å²) < 4.78 is 0. The number of carbonyl (C=O) groups is 1. The smallest absolute Gasteiger partial charge is 0.249 e. The molecule has 0 aromatic carbocycles. The third-order valence-electron chi connectivity index (χ3n) is 14.0. The molecule has 0 aliphatic carbocycles. The zero-order chi connectivity index (χ0) is 47.9. The maximum Gasteiger partial charge on any atom is 0.249 e. The molecule has 0 saturated carbocycles. The second-order valence-electron chi connectivity index (χ2n) is 20.5. The van der Waals surface area contributed by atoms with E-state index in [0.29, 0.717) is 6.42 Å². The van der Waals surface area contributed by atoms with Crippen molar-refractivity contribution in [3.8, 4) is 0 Å². The second-order valence-corrected chi connectivity index (χ2v) is 20.5. The Kier molecular flexibility index (Phi) is 54.9. The Morgan fingerprint density at radius 2 is 0.621 bits per heavy atom. The first-order chi connectivity index (χ1) is 32.6. The van der Waals surface area contributed by atoms with E-state index in [1.807, 2.05) is 6.08 Å². The van der Waals surface area contributed by atoms with Crippen molar-refractivity contribution in [1.29, 1.82) is 0 Å². The van der Waals surface area contributed by atoms with Gasteiger partial charge in [-0.1, -0.05) is 301 Å². The van der Waals surface area contributed by atoms with Crippen LogP contribution in [0.15, 0.2) is 36.5 Å². The molecular formula is C61H117NO4. The third kappa shape index (κ3) is 50.4. The lowest BCUT2D eigenvalue weighted by Gasteiger charge is -2.21. The van der Waals surface area contributed by atoms with Gasteiger partial charge in [0, 0.05) is 0 Å². The first kappa shape index (κ1) is 64.6. The fourth-order valence-electron chi connectivity index (χ4n) is 9.32. The van der Waals surface area contributed by atoms with Crippen molar-refractivity contribution in [1.82, 2.24) is 5.32 Å². The van der Waals surface area contributed by atoms with E-state index in [2.05, 4.69) is 43.5 Å². The fourth-order valence-corrected chi connectivity index (χ4v) is 9.32. The predicted molar refractivity (Wildman–Crippen MR) is 291 cm³/mol. The molecule has 5 nitrogen and oxygen atoms in total. The first-order valence-corrected chi connectivity index (χ1v) is 29.8. The van der Waals surface area contributed by atoms with Gasteiger partial charge in [-0.05, 0) is 57.8 Å². The van der Waals surface area contributed by atoms with Gasteiger partial charge in [0.15, 0.2) is 0 Å². The minimum absolute atomic E-state index is 0.374. The van der Waals surface area contributed by atoms with Gasteiger partial charge >= 0.3 is 0 Å². The summed E-state index contributed by atoms with van der Waals surface area (Å²) in [5.74, 6) is -0.509. The number of rotatable bonds is 55. The Bertz CT molecular complexity index is 1020. The number of hydrogen-bond donors (Lipinski definition) is 4. The molecule has 0 aliphatic rings. The van der Waals surface area contributed by atoms with Crippen LogP contribution < -0.4 is 5.32 Å². The number of amides is 1. The molecule has 0 aromatic heterocycles. The maximum absolute atomic E-state index is 12.5. The van der Waals surface area contributed by atoms with Crippen LogP contribution in [-0.4, -0.2) is 46.1 Å². The summed E-state index contributed by atoms with van der Waals surface area (Å²) in [6, 6.07) is -0.814. The maximum atomic E-state index is 12.5. The van der Waals surface area contributed by atoms with Crippen LogP contribution >= 0.6 is 0 Å². The van der Waals surface area contributed by atoms with E-state index in [4.69, 9.17) is 0 Å². The molecule has 0 spiro atoms. The molecule has 0 bridgehead atoms. The molecule has 0 aliphatic heterocycles. The van der Waals surface area contributed by atoms with Crippen LogP contribution in [0.4, 0.5) is 0 Å². The molecule has 390 valence electrons. The quantitative estimate of drug-likeness (QED) is 0.0361. The summed E-state index contributed by atoms with van der Waals surface area (Å²) in [5, 5.41) is 33.3.